The van der Waals surface area contributed by atoms with Gasteiger partial charge in [-0.05, 0) is 0 Å². The molecule has 0 saturated heterocycles. The highest BCUT2D eigenvalue weighted by molar-refractivity contribution is 8.47. The number of hydrogen-bond acceptors (Lipinski definition) is 4. The minimum atomic E-state index is 0.447. The fourth-order valence-electron chi connectivity index (χ4n) is 0.260. The lowest BCUT2D eigenvalue weighted by atomic mass is 10.8. The van der Waals surface area contributed by atoms with Crippen LogP contribution in [0.5, 0.6) is 0 Å². The summed E-state index contributed by atoms with van der Waals surface area (Å²) in [6.45, 7) is 3.56. The molecule has 0 bridgehead atoms. The summed E-state index contributed by atoms with van der Waals surface area (Å²) >= 11 is 7.86. The maximum atomic E-state index is 8.18. The molecule has 0 heterocycles. The molecule has 0 fully saturated rings. The summed E-state index contributed by atoms with van der Waals surface area (Å²) in [6, 6.07) is 2.01. The third kappa shape index (κ3) is 6.14. The van der Waals surface area contributed by atoms with Gasteiger partial charge in [-0.25, -0.2) is 0 Å². The third-order valence-corrected chi connectivity index (χ3v) is 3.14. The van der Waals surface area contributed by atoms with E-state index < -0.39 is 0 Å². The molecule has 4 heteroatoms. The van der Waals surface area contributed by atoms with Gasteiger partial charge in [-0.1, -0.05) is 30.1 Å². The topological polar surface area (TPSA) is 23.8 Å². The standard InChI is InChI=1S/C6H7NS3/c1-2-4-9-6(8)10-5-3-7/h2H,1,4-5H2. The fourth-order valence-corrected chi connectivity index (χ4v) is 1.79. The van der Waals surface area contributed by atoms with Gasteiger partial charge in [0.05, 0.1) is 11.8 Å². The summed E-state index contributed by atoms with van der Waals surface area (Å²) in [7, 11) is 0. The number of hydrogen-bond donors (Lipinski definition) is 0. The number of thioether (sulfide) groups is 2. The number of thiocarbonyl (C=S) groups is 1. The Balaban J connectivity index is 3.27. The van der Waals surface area contributed by atoms with Gasteiger partial charge >= 0.3 is 0 Å². The normalized spacial score (nSPS) is 8.30. The second-order valence-corrected chi connectivity index (χ2v) is 4.50. The molecule has 1 nitrogen and oxygen atoms in total. The van der Waals surface area contributed by atoms with E-state index in [9.17, 15) is 0 Å². The molecule has 0 amide bonds. The predicted octanol–water partition coefficient (Wildman–Crippen LogP) is 2.45. The lowest BCUT2D eigenvalue weighted by Gasteiger charge is -1.94. The Morgan fingerprint density at radius 2 is 2.40 bits per heavy atom. The van der Waals surface area contributed by atoms with Gasteiger partial charge in [-0.2, -0.15) is 5.26 Å². The van der Waals surface area contributed by atoms with Crippen LogP contribution in [0.4, 0.5) is 0 Å². The van der Waals surface area contributed by atoms with Gasteiger partial charge in [-0.3, -0.25) is 0 Å². The van der Waals surface area contributed by atoms with Crippen molar-refractivity contribution >= 4 is 39.3 Å². The van der Waals surface area contributed by atoms with E-state index in [1.165, 1.54) is 11.8 Å². The van der Waals surface area contributed by atoms with E-state index in [2.05, 4.69) is 6.58 Å². The van der Waals surface area contributed by atoms with Gasteiger partial charge in [0.1, 0.15) is 3.53 Å². The van der Waals surface area contributed by atoms with Crippen LogP contribution < -0.4 is 0 Å². The number of nitriles is 1. The van der Waals surface area contributed by atoms with Gasteiger partial charge in [-0.15, -0.1) is 18.3 Å². The van der Waals surface area contributed by atoms with Crippen LogP contribution in [0.3, 0.4) is 0 Å². The molecule has 0 atom stereocenters. The maximum absolute atomic E-state index is 8.18. The second kappa shape index (κ2) is 7.13. The smallest absolute Gasteiger partial charge is 0.105 e. The minimum absolute atomic E-state index is 0.447. The Morgan fingerprint density at radius 1 is 1.70 bits per heavy atom. The van der Waals surface area contributed by atoms with Crippen LogP contribution in [0.25, 0.3) is 0 Å². The second-order valence-electron chi connectivity index (χ2n) is 1.30. The van der Waals surface area contributed by atoms with E-state index in [0.717, 1.165) is 9.28 Å². The first kappa shape index (κ1) is 10.0. The molecule has 0 unspecified atom stereocenters. The Labute approximate surface area is 74.9 Å². The first-order chi connectivity index (χ1) is 4.81. The zero-order chi connectivity index (χ0) is 7.82. The van der Waals surface area contributed by atoms with E-state index in [-0.39, 0.29) is 0 Å². The molecule has 0 radical (unpaired) electrons. The molecule has 0 aromatic heterocycles. The van der Waals surface area contributed by atoms with Crippen molar-refractivity contribution in [2.75, 3.05) is 11.5 Å². The summed E-state index contributed by atoms with van der Waals surface area (Å²) in [4.78, 5) is 0. The van der Waals surface area contributed by atoms with E-state index >= 15 is 0 Å². The SMILES string of the molecule is C=CCSC(=S)SCC#N. The number of rotatable bonds is 3. The molecule has 0 saturated carbocycles. The first-order valence-electron chi connectivity index (χ1n) is 2.58. The van der Waals surface area contributed by atoms with Crippen molar-refractivity contribution in [3.8, 4) is 6.07 Å². The van der Waals surface area contributed by atoms with Crippen LogP contribution in [-0.4, -0.2) is 15.0 Å². The van der Waals surface area contributed by atoms with E-state index in [1.807, 2.05) is 6.07 Å². The van der Waals surface area contributed by atoms with Crippen molar-refractivity contribution in [1.29, 1.82) is 5.26 Å². The summed E-state index contributed by atoms with van der Waals surface area (Å²) in [6.07, 6.45) is 1.80. The molecule has 0 aromatic carbocycles. The van der Waals surface area contributed by atoms with Gasteiger partial charge in [0, 0.05) is 5.75 Å². The van der Waals surface area contributed by atoms with Crippen LogP contribution in [0, 0.1) is 11.3 Å². The van der Waals surface area contributed by atoms with E-state index in [4.69, 9.17) is 17.5 Å². The van der Waals surface area contributed by atoms with Crippen molar-refractivity contribution in [1.82, 2.24) is 0 Å². The molecule has 0 N–H and O–H groups in total. The van der Waals surface area contributed by atoms with Gasteiger partial charge < -0.3 is 0 Å². The van der Waals surface area contributed by atoms with E-state index in [1.54, 1.807) is 17.8 Å². The monoisotopic (exact) mass is 189 g/mol. The summed E-state index contributed by atoms with van der Waals surface area (Å²) in [5, 5.41) is 8.18. The van der Waals surface area contributed by atoms with Gasteiger partial charge in [0.15, 0.2) is 0 Å². The highest BCUT2D eigenvalue weighted by Crippen LogP contribution is 2.16. The molecular formula is C6H7NS3. The molecule has 10 heavy (non-hydrogen) atoms. The van der Waals surface area contributed by atoms with Crippen LogP contribution in [0.15, 0.2) is 12.7 Å². The Hall–Kier alpha value is 0.0200. The minimum Gasteiger partial charge on any atom is -0.197 e. The molecule has 0 aliphatic carbocycles. The third-order valence-electron chi connectivity index (χ3n) is 0.574. The summed E-state index contributed by atoms with van der Waals surface area (Å²) in [5.41, 5.74) is 0. The Bertz CT molecular complexity index is 159. The average molecular weight is 189 g/mol. The highest BCUT2D eigenvalue weighted by atomic mass is 32.2. The zero-order valence-electron chi connectivity index (χ0n) is 5.37. The van der Waals surface area contributed by atoms with Crippen LogP contribution in [0.1, 0.15) is 0 Å². The zero-order valence-corrected chi connectivity index (χ0v) is 7.82. The van der Waals surface area contributed by atoms with Gasteiger partial charge in [0.25, 0.3) is 0 Å². The summed E-state index contributed by atoms with van der Waals surface area (Å²) < 4.78 is 0.821. The van der Waals surface area contributed by atoms with Crippen molar-refractivity contribution < 1.29 is 0 Å². The quantitative estimate of drug-likeness (QED) is 0.502. The van der Waals surface area contributed by atoms with Crippen LogP contribution in [0.2, 0.25) is 0 Å². The van der Waals surface area contributed by atoms with Gasteiger partial charge in [0.2, 0.25) is 0 Å². The number of nitrogens with zero attached hydrogens (tertiary/aromatic N) is 1. The molecule has 54 valence electrons. The highest BCUT2D eigenvalue weighted by Gasteiger charge is 1.94. The predicted molar refractivity (Wildman–Crippen MR) is 53.3 cm³/mol. The Morgan fingerprint density at radius 3 is 2.90 bits per heavy atom. The van der Waals surface area contributed by atoms with Crippen molar-refractivity contribution in [3.05, 3.63) is 12.7 Å². The molecule has 0 aromatic rings. The van der Waals surface area contributed by atoms with Crippen molar-refractivity contribution in [2.24, 2.45) is 0 Å². The molecule has 0 spiro atoms. The lowest BCUT2D eigenvalue weighted by molar-refractivity contribution is 1.50. The van der Waals surface area contributed by atoms with Crippen LogP contribution in [-0.2, 0) is 0 Å². The molecule has 0 aliphatic rings. The maximum Gasteiger partial charge on any atom is 0.105 e. The average Bonchev–Trinajstić information content (AvgIpc) is 1.97. The van der Waals surface area contributed by atoms with Crippen molar-refractivity contribution in [3.63, 3.8) is 0 Å². The lowest BCUT2D eigenvalue weighted by Crippen LogP contribution is -1.82. The molecule has 0 aliphatic heterocycles. The first-order valence-corrected chi connectivity index (χ1v) is 4.96. The van der Waals surface area contributed by atoms with Crippen LogP contribution >= 0.6 is 35.7 Å². The van der Waals surface area contributed by atoms with E-state index in [0.29, 0.717) is 5.75 Å². The summed E-state index contributed by atoms with van der Waals surface area (Å²) in [5.74, 6) is 1.28. The van der Waals surface area contributed by atoms with Crippen molar-refractivity contribution in [2.45, 2.75) is 0 Å². The fraction of sp³-hybridized carbons (Fsp3) is 0.333. The Kier molecular flexibility index (Phi) is 7.15. The molecule has 0 rings (SSSR count). The molecular weight excluding hydrogens is 182 g/mol. The largest absolute Gasteiger partial charge is 0.197 e.